The molecule has 3 nitrogen and oxygen atoms in total. The molecule has 116 valence electrons. The van der Waals surface area contributed by atoms with Crippen LogP contribution in [0.4, 0.5) is 0 Å². The van der Waals surface area contributed by atoms with Gasteiger partial charge in [-0.15, -0.1) is 0 Å². The molecule has 0 bridgehead atoms. The van der Waals surface area contributed by atoms with E-state index in [0.717, 1.165) is 18.8 Å². The van der Waals surface area contributed by atoms with Crippen LogP contribution in [-0.2, 0) is 14.3 Å². The summed E-state index contributed by atoms with van der Waals surface area (Å²) < 4.78 is 10.4. The Morgan fingerprint density at radius 1 is 1.15 bits per heavy atom. The molecule has 0 amide bonds. The Morgan fingerprint density at radius 3 is 2.45 bits per heavy atom. The van der Waals surface area contributed by atoms with Crippen molar-refractivity contribution in [2.45, 2.75) is 83.2 Å². The molecular weight excluding hydrogens is 252 g/mol. The molecule has 1 saturated carbocycles. The second-order valence-corrected chi connectivity index (χ2v) is 6.46. The first-order valence-electron chi connectivity index (χ1n) is 8.58. The fourth-order valence-electron chi connectivity index (χ4n) is 3.39. The number of unbranched alkanes of at least 4 members (excludes halogenated alkanes) is 2. The molecule has 0 aromatic heterocycles. The maximum absolute atomic E-state index is 11.7. The maximum atomic E-state index is 11.7. The summed E-state index contributed by atoms with van der Waals surface area (Å²) in [5.41, 5.74) is -0.557. The van der Waals surface area contributed by atoms with Gasteiger partial charge in [-0.1, -0.05) is 57.8 Å². The van der Waals surface area contributed by atoms with Crippen LogP contribution in [-0.4, -0.2) is 24.8 Å². The van der Waals surface area contributed by atoms with Gasteiger partial charge < -0.3 is 9.47 Å². The standard InChI is InChI=1S/C17H30O3/c1-2-19-16(18)17(14-20-17)13-9-5-8-12-15-10-6-3-4-7-11-15/h15H,2-14H2,1H3. The zero-order valence-corrected chi connectivity index (χ0v) is 13.0. The Labute approximate surface area is 123 Å². The Kier molecular flexibility index (Phi) is 6.34. The number of epoxide rings is 1. The highest BCUT2D eigenvalue weighted by Gasteiger charge is 2.52. The van der Waals surface area contributed by atoms with Gasteiger partial charge in [0.25, 0.3) is 0 Å². The van der Waals surface area contributed by atoms with Crippen molar-refractivity contribution < 1.29 is 14.3 Å². The van der Waals surface area contributed by atoms with Crippen molar-refractivity contribution in [3.63, 3.8) is 0 Å². The number of hydrogen-bond donors (Lipinski definition) is 0. The van der Waals surface area contributed by atoms with Gasteiger partial charge in [-0.25, -0.2) is 4.79 Å². The van der Waals surface area contributed by atoms with Crippen molar-refractivity contribution >= 4 is 5.97 Å². The Balaban J connectivity index is 1.54. The van der Waals surface area contributed by atoms with E-state index in [1.54, 1.807) is 0 Å². The lowest BCUT2D eigenvalue weighted by molar-refractivity contribution is -0.149. The fourth-order valence-corrected chi connectivity index (χ4v) is 3.39. The number of hydrogen-bond acceptors (Lipinski definition) is 3. The van der Waals surface area contributed by atoms with Gasteiger partial charge in [0.05, 0.1) is 13.2 Å². The zero-order chi connectivity index (χ0) is 14.3. The summed E-state index contributed by atoms with van der Waals surface area (Å²) >= 11 is 0. The predicted molar refractivity (Wildman–Crippen MR) is 79.6 cm³/mol. The summed E-state index contributed by atoms with van der Waals surface area (Å²) in [5.74, 6) is 0.817. The summed E-state index contributed by atoms with van der Waals surface area (Å²) in [5, 5.41) is 0. The monoisotopic (exact) mass is 282 g/mol. The van der Waals surface area contributed by atoms with Crippen LogP contribution in [0, 0.1) is 5.92 Å². The minimum atomic E-state index is -0.557. The molecule has 2 aliphatic rings. The van der Waals surface area contributed by atoms with E-state index in [9.17, 15) is 4.79 Å². The Hall–Kier alpha value is -0.570. The summed E-state index contributed by atoms with van der Waals surface area (Å²) in [6.45, 7) is 2.86. The lowest BCUT2D eigenvalue weighted by Gasteiger charge is -2.14. The van der Waals surface area contributed by atoms with Crippen LogP contribution in [0.1, 0.15) is 77.6 Å². The van der Waals surface area contributed by atoms with Gasteiger partial charge in [0, 0.05) is 0 Å². The molecule has 3 heteroatoms. The molecule has 0 spiro atoms. The molecule has 1 heterocycles. The minimum Gasteiger partial charge on any atom is -0.464 e. The number of esters is 1. The third-order valence-corrected chi connectivity index (χ3v) is 4.81. The molecule has 20 heavy (non-hydrogen) atoms. The fraction of sp³-hybridized carbons (Fsp3) is 0.941. The van der Waals surface area contributed by atoms with Crippen molar-refractivity contribution in [1.82, 2.24) is 0 Å². The Morgan fingerprint density at radius 2 is 1.85 bits per heavy atom. The Bertz CT molecular complexity index is 289. The van der Waals surface area contributed by atoms with Crippen LogP contribution in [0.15, 0.2) is 0 Å². The second kappa shape index (κ2) is 8.02. The molecule has 0 aromatic rings. The van der Waals surface area contributed by atoms with Crippen molar-refractivity contribution in [3.05, 3.63) is 0 Å². The van der Waals surface area contributed by atoms with Crippen molar-refractivity contribution in [2.24, 2.45) is 5.92 Å². The van der Waals surface area contributed by atoms with Gasteiger partial charge in [-0.2, -0.15) is 0 Å². The molecule has 0 aromatic carbocycles. The minimum absolute atomic E-state index is 0.149. The quantitative estimate of drug-likeness (QED) is 0.289. The summed E-state index contributed by atoms with van der Waals surface area (Å²) in [6.07, 6.45) is 14.5. The molecule has 2 fully saturated rings. The molecule has 2 rings (SSSR count). The van der Waals surface area contributed by atoms with Gasteiger partial charge in [-0.05, 0) is 25.7 Å². The molecule has 1 atom stereocenters. The predicted octanol–water partition coefficient (Wildman–Crippen LogP) is 4.24. The van der Waals surface area contributed by atoms with E-state index >= 15 is 0 Å². The molecule has 1 unspecified atom stereocenters. The first-order chi connectivity index (χ1) is 9.77. The van der Waals surface area contributed by atoms with Crippen LogP contribution in [0.2, 0.25) is 0 Å². The van der Waals surface area contributed by atoms with Crippen molar-refractivity contribution in [2.75, 3.05) is 13.2 Å². The van der Waals surface area contributed by atoms with Crippen LogP contribution in [0.25, 0.3) is 0 Å². The summed E-state index contributed by atoms with van der Waals surface area (Å²) in [4.78, 5) is 11.7. The number of carbonyl (C=O) groups is 1. The number of carbonyl (C=O) groups excluding carboxylic acids is 1. The second-order valence-electron chi connectivity index (χ2n) is 6.46. The average molecular weight is 282 g/mol. The van der Waals surface area contributed by atoms with Gasteiger partial charge in [0.1, 0.15) is 0 Å². The van der Waals surface area contributed by atoms with Crippen molar-refractivity contribution in [1.29, 1.82) is 0 Å². The highest BCUT2D eigenvalue weighted by molar-refractivity contribution is 5.82. The number of ether oxygens (including phenoxy) is 2. The molecule has 0 N–H and O–H groups in total. The largest absolute Gasteiger partial charge is 0.464 e. The molecular formula is C17H30O3. The van der Waals surface area contributed by atoms with E-state index in [-0.39, 0.29) is 5.97 Å². The summed E-state index contributed by atoms with van der Waals surface area (Å²) in [6, 6.07) is 0. The van der Waals surface area contributed by atoms with E-state index in [1.807, 2.05) is 6.92 Å². The van der Waals surface area contributed by atoms with Crippen LogP contribution in [0.3, 0.4) is 0 Å². The first kappa shape index (κ1) is 15.8. The zero-order valence-electron chi connectivity index (χ0n) is 13.0. The van der Waals surface area contributed by atoms with Crippen LogP contribution >= 0.6 is 0 Å². The lowest BCUT2D eigenvalue weighted by atomic mass is 9.93. The number of rotatable bonds is 8. The molecule has 1 aliphatic carbocycles. The molecule has 1 saturated heterocycles. The molecule has 1 aliphatic heterocycles. The highest BCUT2D eigenvalue weighted by atomic mass is 16.6. The average Bonchev–Trinajstić information content (AvgIpc) is 3.23. The third-order valence-electron chi connectivity index (χ3n) is 4.81. The topological polar surface area (TPSA) is 38.8 Å². The van der Waals surface area contributed by atoms with Crippen LogP contribution < -0.4 is 0 Å². The van der Waals surface area contributed by atoms with Gasteiger partial charge in [0.15, 0.2) is 5.60 Å². The molecule has 0 radical (unpaired) electrons. The smallest absolute Gasteiger partial charge is 0.340 e. The van der Waals surface area contributed by atoms with Gasteiger partial charge in [0.2, 0.25) is 0 Å². The highest BCUT2D eigenvalue weighted by Crippen LogP contribution is 2.35. The third kappa shape index (κ3) is 4.76. The van der Waals surface area contributed by atoms with Crippen molar-refractivity contribution in [3.8, 4) is 0 Å². The van der Waals surface area contributed by atoms with Gasteiger partial charge in [-0.3, -0.25) is 0 Å². The summed E-state index contributed by atoms with van der Waals surface area (Å²) in [7, 11) is 0. The van der Waals surface area contributed by atoms with Crippen LogP contribution in [0.5, 0.6) is 0 Å². The maximum Gasteiger partial charge on any atom is 0.340 e. The van der Waals surface area contributed by atoms with E-state index in [1.165, 1.54) is 57.8 Å². The SMILES string of the molecule is CCOC(=O)C1(CCCCCC2CCCCCC2)CO1. The van der Waals surface area contributed by atoms with Gasteiger partial charge >= 0.3 is 5.97 Å². The van der Waals surface area contributed by atoms with E-state index in [4.69, 9.17) is 9.47 Å². The van der Waals surface area contributed by atoms with E-state index in [2.05, 4.69) is 0 Å². The van der Waals surface area contributed by atoms with E-state index < -0.39 is 5.60 Å². The lowest BCUT2D eigenvalue weighted by Crippen LogP contribution is -2.27. The first-order valence-corrected chi connectivity index (χ1v) is 8.58. The van der Waals surface area contributed by atoms with E-state index in [0.29, 0.717) is 13.2 Å². The normalized spacial score (nSPS) is 27.1.